The number of rotatable bonds is 7. The Morgan fingerprint density at radius 2 is 2.21 bits per heavy atom. The Morgan fingerprint density at radius 1 is 1.50 bits per heavy atom. The molecule has 1 atom stereocenters. The SMILES string of the molecule is Cc1nn(CCCNC(=O)C(C)n2cc([N+](=O)[O-])cn2)c(C)c1Br. The lowest BCUT2D eigenvalue weighted by molar-refractivity contribution is -0.385. The van der Waals surface area contributed by atoms with Crippen molar-refractivity contribution in [3.05, 3.63) is 38.4 Å². The summed E-state index contributed by atoms with van der Waals surface area (Å²) in [5.41, 5.74) is 1.85. The van der Waals surface area contributed by atoms with Crippen molar-refractivity contribution in [1.82, 2.24) is 24.9 Å². The van der Waals surface area contributed by atoms with Crippen LogP contribution in [-0.2, 0) is 11.3 Å². The van der Waals surface area contributed by atoms with E-state index in [0.29, 0.717) is 13.1 Å². The molecule has 0 bridgehead atoms. The number of carbonyl (C=O) groups is 1. The molecule has 24 heavy (non-hydrogen) atoms. The number of hydrogen-bond acceptors (Lipinski definition) is 5. The van der Waals surface area contributed by atoms with E-state index in [-0.39, 0.29) is 11.6 Å². The molecule has 130 valence electrons. The zero-order chi connectivity index (χ0) is 17.9. The van der Waals surface area contributed by atoms with E-state index in [1.165, 1.54) is 10.9 Å². The van der Waals surface area contributed by atoms with Gasteiger partial charge in [-0.1, -0.05) is 0 Å². The van der Waals surface area contributed by atoms with Crippen LogP contribution >= 0.6 is 15.9 Å². The Kier molecular flexibility index (Phi) is 5.71. The fourth-order valence-corrected chi connectivity index (χ4v) is 2.52. The molecule has 2 aromatic rings. The molecule has 0 saturated heterocycles. The van der Waals surface area contributed by atoms with E-state index >= 15 is 0 Å². The number of aryl methyl sites for hydroxylation is 2. The molecule has 0 saturated carbocycles. The van der Waals surface area contributed by atoms with E-state index in [1.54, 1.807) is 6.92 Å². The predicted octanol–water partition coefficient (Wildman–Crippen LogP) is 2.13. The van der Waals surface area contributed by atoms with Crippen LogP contribution in [0, 0.1) is 24.0 Å². The van der Waals surface area contributed by atoms with E-state index in [2.05, 4.69) is 31.4 Å². The lowest BCUT2D eigenvalue weighted by Gasteiger charge is -2.12. The maximum atomic E-state index is 12.1. The summed E-state index contributed by atoms with van der Waals surface area (Å²) in [7, 11) is 0. The standard InChI is InChI=1S/C14H19BrN6O3/c1-9-13(15)10(2)19(18-9)6-4-5-16-14(22)11(3)20-8-12(7-17-20)21(23)24/h7-8,11H,4-6H2,1-3H3,(H,16,22). The molecule has 0 aliphatic heterocycles. The summed E-state index contributed by atoms with van der Waals surface area (Å²) >= 11 is 3.48. The van der Waals surface area contributed by atoms with Crippen molar-refractivity contribution in [2.24, 2.45) is 0 Å². The van der Waals surface area contributed by atoms with Crippen molar-refractivity contribution in [3.63, 3.8) is 0 Å². The molecule has 2 rings (SSSR count). The molecule has 2 heterocycles. The molecule has 0 aliphatic carbocycles. The number of amides is 1. The fraction of sp³-hybridized carbons (Fsp3) is 0.500. The Hall–Kier alpha value is -2.23. The van der Waals surface area contributed by atoms with Crippen LogP contribution in [0.25, 0.3) is 0 Å². The van der Waals surface area contributed by atoms with Gasteiger partial charge in [-0.2, -0.15) is 10.2 Å². The van der Waals surface area contributed by atoms with Gasteiger partial charge in [0.25, 0.3) is 0 Å². The van der Waals surface area contributed by atoms with Gasteiger partial charge in [-0.05, 0) is 43.1 Å². The number of hydrogen-bond donors (Lipinski definition) is 1. The summed E-state index contributed by atoms with van der Waals surface area (Å²) in [4.78, 5) is 22.2. The summed E-state index contributed by atoms with van der Waals surface area (Å²) in [5, 5.41) is 21.7. The molecule has 0 aromatic carbocycles. The van der Waals surface area contributed by atoms with Crippen LogP contribution in [-0.4, -0.2) is 36.9 Å². The highest BCUT2D eigenvalue weighted by Crippen LogP contribution is 2.19. The summed E-state index contributed by atoms with van der Waals surface area (Å²) in [5.74, 6) is -0.234. The third-order valence-electron chi connectivity index (χ3n) is 3.71. The Balaban J connectivity index is 1.82. The number of halogens is 1. The van der Waals surface area contributed by atoms with Gasteiger partial charge >= 0.3 is 5.69 Å². The minimum absolute atomic E-state index is 0.134. The van der Waals surface area contributed by atoms with E-state index in [1.807, 2.05) is 18.5 Å². The van der Waals surface area contributed by atoms with E-state index < -0.39 is 11.0 Å². The Labute approximate surface area is 147 Å². The van der Waals surface area contributed by atoms with Crippen LogP contribution in [0.1, 0.15) is 30.8 Å². The molecule has 0 fully saturated rings. The Bertz CT molecular complexity index is 754. The topological polar surface area (TPSA) is 108 Å². The first kappa shape index (κ1) is 18.1. The van der Waals surface area contributed by atoms with Crippen LogP contribution in [0.3, 0.4) is 0 Å². The lowest BCUT2D eigenvalue weighted by Crippen LogP contribution is -2.32. The number of nitrogens with one attached hydrogen (secondary N) is 1. The molecule has 0 aliphatic rings. The second-order valence-corrected chi connectivity index (χ2v) is 6.26. The quantitative estimate of drug-likeness (QED) is 0.436. The normalized spacial score (nSPS) is 12.2. The zero-order valence-corrected chi connectivity index (χ0v) is 15.3. The number of nitrogens with zero attached hydrogens (tertiary/aromatic N) is 5. The molecule has 2 aromatic heterocycles. The van der Waals surface area contributed by atoms with Gasteiger partial charge in [-0.25, -0.2) is 0 Å². The molecular formula is C14H19BrN6O3. The maximum absolute atomic E-state index is 12.1. The smallest absolute Gasteiger partial charge is 0.307 e. The van der Waals surface area contributed by atoms with E-state index in [9.17, 15) is 14.9 Å². The van der Waals surface area contributed by atoms with Gasteiger partial charge in [-0.15, -0.1) is 0 Å². The lowest BCUT2D eigenvalue weighted by atomic mass is 10.3. The average Bonchev–Trinajstić information content (AvgIpc) is 3.12. The highest BCUT2D eigenvalue weighted by molar-refractivity contribution is 9.10. The molecule has 1 unspecified atom stereocenters. The van der Waals surface area contributed by atoms with Gasteiger partial charge in [0, 0.05) is 18.8 Å². The van der Waals surface area contributed by atoms with Crippen LogP contribution in [0.4, 0.5) is 5.69 Å². The van der Waals surface area contributed by atoms with E-state index in [0.717, 1.165) is 28.5 Å². The van der Waals surface area contributed by atoms with Crippen molar-refractivity contribution in [3.8, 4) is 0 Å². The zero-order valence-electron chi connectivity index (χ0n) is 13.7. The minimum Gasteiger partial charge on any atom is -0.354 e. The maximum Gasteiger partial charge on any atom is 0.307 e. The highest BCUT2D eigenvalue weighted by atomic mass is 79.9. The average molecular weight is 399 g/mol. The van der Waals surface area contributed by atoms with Gasteiger partial charge in [0.05, 0.1) is 15.1 Å². The number of carbonyl (C=O) groups excluding carboxylic acids is 1. The predicted molar refractivity (Wildman–Crippen MR) is 90.6 cm³/mol. The van der Waals surface area contributed by atoms with Crippen molar-refractivity contribution < 1.29 is 9.72 Å². The van der Waals surface area contributed by atoms with Crippen LogP contribution in [0.15, 0.2) is 16.9 Å². The summed E-state index contributed by atoms with van der Waals surface area (Å²) < 4.78 is 4.18. The van der Waals surface area contributed by atoms with Gasteiger partial charge < -0.3 is 5.32 Å². The van der Waals surface area contributed by atoms with Gasteiger partial charge in [0.2, 0.25) is 5.91 Å². The summed E-state index contributed by atoms with van der Waals surface area (Å²) in [6.07, 6.45) is 3.11. The third kappa shape index (κ3) is 3.99. The molecular weight excluding hydrogens is 380 g/mol. The van der Waals surface area contributed by atoms with Crippen LogP contribution < -0.4 is 5.32 Å². The molecule has 1 N–H and O–H groups in total. The second-order valence-electron chi connectivity index (χ2n) is 5.46. The molecule has 10 heteroatoms. The van der Waals surface area contributed by atoms with Crippen LogP contribution in [0.2, 0.25) is 0 Å². The van der Waals surface area contributed by atoms with Crippen molar-refractivity contribution in [2.75, 3.05) is 6.54 Å². The van der Waals surface area contributed by atoms with E-state index in [4.69, 9.17) is 0 Å². The first-order valence-electron chi connectivity index (χ1n) is 7.47. The molecule has 0 radical (unpaired) electrons. The third-order valence-corrected chi connectivity index (χ3v) is 4.86. The first-order chi connectivity index (χ1) is 11.3. The summed E-state index contributed by atoms with van der Waals surface area (Å²) in [6, 6.07) is -0.610. The second kappa shape index (κ2) is 7.56. The fourth-order valence-electron chi connectivity index (χ4n) is 2.24. The van der Waals surface area contributed by atoms with Crippen molar-refractivity contribution >= 4 is 27.5 Å². The van der Waals surface area contributed by atoms with Crippen LogP contribution in [0.5, 0.6) is 0 Å². The summed E-state index contributed by atoms with van der Waals surface area (Å²) in [6.45, 7) is 6.74. The highest BCUT2D eigenvalue weighted by Gasteiger charge is 2.18. The first-order valence-corrected chi connectivity index (χ1v) is 8.26. The van der Waals surface area contributed by atoms with Gasteiger partial charge in [0.15, 0.2) is 0 Å². The molecule has 0 spiro atoms. The molecule has 1 amide bonds. The number of aromatic nitrogens is 4. The minimum atomic E-state index is -0.610. The van der Waals surface area contributed by atoms with Crippen molar-refractivity contribution in [2.45, 2.75) is 39.8 Å². The molecule has 9 nitrogen and oxygen atoms in total. The van der Waals surface area contributed by atoms with Crippen molar-refractivity contribution in [1.29, 1.82) is 0 Å². The number of nitro groups is 1. The monoisotopic (exact) mass is 398 g/mol. The largest absolute Gasteiger partial charge is 0.354 e. The van der Waals surface area contributed by atoms with Gasteiger partial charge in [-0.3, -0.25) is 24.3 Å². The Morgan fingerprint density at radius 3 is 2.75 bits per heavy atom. The van der Waals surface area contributed by atoms with Gasteiger partial charge in [0.1, 0.15) is 18.4 Å².